The van der Waals surface area contributed by atoms with E-state index >= 15 is 0 Å². The second kappa shape index (κ2) is 5.50. The fourth-order valence-electron chi connectivity index (χ4n) is 1.93. The molecule has 2 aromatic heterocycles. The number of nitro groups is 1. The van der Waals surface area contributed by atoms with Crippen molar-refractivity contribution in [3.05, 3.63) is 55.8 Å². The van der Waals surface area contributed by atoms with Crippen molar-refractivity contribution in [3.63, 3.8) is 0 Å². The number of imidazole rings is 1. The van der Waals surface area contributed by atoms with Gasteiger partial charge in [0.1, 0.15) is 5.69 Å². The number of fused-ring (bicyclic) bond motifs is 1. The van der Waals surface area contributed by atoms with Crippen molar-refractivity contribution in [2.24, 2.45) is 0 Å². The van der Waals surface area contributed by atoms with Crippen LogP contribution in [0, 0.1) is 17.0 Å². The highest BCUT2D eigenvalue weighted by molar-refractivity contribution is 9.10. The summed E-state index contributed by atoms with van der Waals surface area (Å²) in [5.74, 6) is -0.422. The zero-order chi connectivity index (χ0) is 15.9. The fraction of sp³-hybridized carbons (Fsp3) is 0.0769. The van der Waals surface area contributed by atoms with Crippen molar-refractivity contribution >= 4 is 49.5 Å². The van der Waals surface area contributed by atoms with E-state index in [4.69, 9.17) is 0 Å². The van der Waals surface area contributed by atoms with Crippen LogP contribution in [0.15, 0.2) is 35.1 Å². The third kappa shape index (κ3) is 2.72. The monoisotopic (exact) mass is 380 g/mol. The van der Waals surface area contributed by atoms with Crippen LogP contribution in [0.25, 0.3) is 4.96 Å². The van der Waals surface area contributed by atoms with Gasteiger partial charge in [0.2, 0.25) is 0 Å². The maximum atomic E-state index is 12.2. The molecule has 0 aliphatic heterocycles. The van der Waals surface area contributed by atoms with Crippen LogP contribution in [-0.4, -0.2) is 20.2 Å². The number of halogens is 1. The molecule has 0 aliphatic carbocycles. The number of nitrogens with zero attached hydrogens (tertiary/aromatic N) is 3. The minimum absolute atomic E-state index is 0.0973. The highest BCUT2D eigenvalue weighted by Crippen LogP contribution is 2.27. The molecule has 0 bridgehead atoms. The summed E-state index contributed by atoms with van der Waals surface area (Å²) in [6.45, 7) is 1.96. The minimum Gasteiger partial charge on any atom is -0.319 e. The van der Waals surface area contributed by atoms with Gasteiger partial charge in [0.15, 0.2) is 4.96 Å². The van der Waals surface area contributed by atoms with E-state index in [1.54, 1.807) is 10.6 Å². The molecule has 0 aliphatic rings. The summed E-state index contributed by atoms with van der Waals surface area (Å²) in [5.41, 5.74) is 0.483. The molecule has 1 amide bonds. The van der Waals surface area contributed by atoms with Crippen molar-refractivity contribution in [2.45, 2.75) is 6.92 Å². The Hall–Kier alpha value is -2.26. The average molecular weight is 381 g/mol. The van der Waals surface area contributed by atoms with Gasteiger partial charge in [-0.05, 0) is 28.9 Å². The van der Waals surface area contributed by atoms with Crippen LogP contribution in [0.1, 0.15) is 15.4 Å². The first-order chi connectivity index (χ1) is 10.4. The summed E-state index contributed by atoms with van der Waals surface area (Å²) in [7, 11) is 0. The summed E-state index contributed by atoms with van der Waals surface area (Å²) < 4.78 is 2.33. The van der Waals surface area contributed by atoms with Gasteiger partial charge in [-0.3, -0.25) is 19.3 Å². The number of rotatable bonds is 3. The van der Waals surface area contributed by atoms with E-state index in [2.05, 4.69) is 26.2 Å². The number of hydrogen-bond acceptors (Lipinski definition) is 5. The first kappa shape index (κ1) is 14.7. The van der Waals surface area contributed by atoms with Gasteiger partial charge >= 0.3 is 0 Å². The molecule has 0 fully saturated rings. The molecule has 0 saturated carbocycles. The lowest BCUT2D eigenvalue weighted by Gasteiger charge is -2.05. The predicted octanol–water partition coefficient (Wildman–Crippen LogP) is 3.63. The molecule has 7 nitrogen and oxygen atoms in total. The average Bonchev–Trinajstić information content (AvgIpc) is 2.98. The quantitative estimate of drug-likeness (QED) is 0.554. The number of hydrogen-bond donors (Lipinski definition) is 1. The van der Waals surface area contributed by atoms with E-state index in [0.29, 0.717) is 10.2 Å². The van der Waals surface area contributed by atoms with E-state index < -0.39 is 10.8 Å². The van der Waals surface area contributed by atoms with Gasteiger partial charge in [-0.15, -0.1) is 11.3 Å². The number of thiazole rings is 1. The van der Waals surface area contributed by atoms with Crippen molar-refractivity contribution in [2.75, 3.05) is 5.32 Å². The molecule has 1 aromatic carbocycles. The number of carbonyl (C=O) groups is 1. The van der Waals surface area contributed by atoms with Gasteiger partial charge in [0.25, 0.3) is 11.6 Å². The summed E-state index contributed by atoms with van der Waals surface area (Å²) in [6, 6.07) is 4.17. The Balaban J connectivity index is 1.88. The first-order valence-electron chi connectivity index (χ1n) is 6.14. The van der Waals surface area contributed by atoms with Gasteiger partial charge < -0.3 is 5.32 Å². The zero-order valence-corrected chi connectivity index (χ0v) is 13.6. The van der Waals surface area contributed by atoms with Gasteiger partial charge in [-0.1, -0.05) is 0 Å². The Kier molecular flexibility index (Phi) is 3.67. The smallest absolute Gasteiger partial charge is 0.275 e. The van der Waals surface area contributed by atoms with Crippen LogP contribution in [0.3, 0.4) is 0 Å². The van der Waals surface area contributed by atoms with Crippen LogP contribution in [0.2, 0.25) is 0 Å². The van der Waals surface area contributed by atoms with Crippen molar-refractivity contribution in [1.29, 1.82) is 0 Å². The normalized spacial score (nSPS) is 10.8. The first-order valence-corrected chi connectivity index (χ1v) is 7.75. The topological polar surface area (TPSA) is 89.5 Å². The van der Waals surface area contributed by atoms with Crippen LogP contribution >= 0.6 is 27.3 Å². The van der Waals surface area contributed by atoms with Crippen LogP contribution < -0.4 is 5.32 Å². The van der Waals surface area contributed by atoms with E-state index in [1.165, 1.54) is 29.5 Å². The summed E-state index contributed by atoms with van der Waals surface area (Å²) >= 11 is 4.74. The Labute approximate surface area is 136 Å². The molecule has 112 valence electrons. The third-order valence-electron chi connectivity index (χ3n) is 2.91. The highest BCUT2D eigenvalue weighted by Gasteiger charge is 2.16. The van der Waals surface area contributed by atoms with Crippen molar-refractivity contribution in [3.8, 4) is 0 Å². The van der Waals surface area contributed by atoms with Crippen LogP contribution in [0.5, 0.6) is 0 Å². The molecule has 1 N–H and O–H groups in total. The summed E-state index contributed by atoms with van der Waals surface area (Å²) in [4.78, 5) is 28.6. The number of anilines is 1. The number of carbonyl (C=O) groups excluding carboxylic acids is 1. The molecule has 0 saturated heterocycles. The Morgan fingerprint density at radius 3 is 2.91 bits per heavy atom. The van der Waals surface area contributed by atoms with Gasteiger partial charge in [0, 0.05) is 33.9 Å². The van der Waals surface area contributed by atoms with E-state index in [9.17, 15) is 14.9 Å². The number of aromatic nitrogens is 2. The van der Waals surface area contributed by atoms with E-state index in [0.717, 1.165) is 9.84 Å². The molecule has 0 radical (unpaired) electrons. The van der Waals surface area contributed by atoms with Gasteiger partial charge in [-0.2, -0.15) is 0 Å². The maximum Gasteiger partial charge on any atom is 0.275 e. The predicted molar refractivity (Wildman–Crippen MR) is 86.6 cm³/mol. The molecule has 3 aromatic rings. The largest absolute Gasteiger partial charge is 0.319 e. The van der Waals surface area contributed by atoms with E-state index in [1.807, 2.05) is 13.1 Å². The molecule has 2 heterocycles. The second-order valence-electron chi connectivity index (χ2n) is 4.53. The Bertz CT molecular complexity index is 870. The zero-order valence-electron chi connectivity index (χ0n) is 11.2. The van der Waals surface area contributed by atoms with Gasteiger partial charge in [0.05, 0.1) is 10.6 Å². The summed E-state index contributed by atoms with van der Waals surface area (Å²) in [5, 5.41) is 13.4. The number of benzene rings is 1. The molecule has 0 spiro atoms. The number of nitro benzene ring substituents is 1. The van der Waals surface area contributed by atoms with Crippen molar-refractivity contribution in [1.82, 2.24) is 9.38 Å². The number of nitrogens with one attached hydrogen (secondary N) is 1. The van der Waals surface area contributed by atoms with Gasteiger partial charge in [-0.25, -0.2) is 4.98 Å². The standard InChI is InChI=1S/C13H9BrN4O3S/c1-7-5-17-6-11(16-13(17)22-7)12(19)15-10-4-8(18(20)21)2-3-9(10)14/h2-6H,1H3,(H,15,19). The van der Waals surface area contributed by atoms with E-state index in [-0.39, 0.29) is 11.4 Å². The summed E-state index contributed by atoms with van der Waals surface area (Å²) in [6.07, 6.45) is 3.51. The lowest BCUT2D eigenvalue weighted by Crippen LogP contribution is -2.12. The molecule has 0 atom stereocenters. The lowest BCUT2D eigenvalue weighted by atomic mass is 10.2. The Morgan fingerprint density at radius 2 is 2.23 bits per heavy atom. The molecular formula is C13H9BrN4O3S. The number of non-ortho nitro benzene ring substituents is 1. The highest BCUT2D eigenvalue weighted by atomic mass is 79.9. The van der Waals surface area contributed by atoms with Crippen LogP contribution in [0.4, 0.5) is 11.4 Å². The van der Waals surface area contributed by atoms with Crippen molar-refractivity contribution < 1.29 is 9.72 Å². The molecule has 22 heavy (non-hydrogen) atoms. The SMILES string of the molecule is Cc1cn2cc(C(=O)Nc3cc([N+](=O)[O-])ccc3Br)nc2s1. The Morgan fingerprint density at radius 1 is 1.45 bits per heavy atom. The second-order valence-corrected chi connectivity index (χ2v) is 6.60. The van der Waals surface area contributed by atoms with Crippen LogP contribution in [-0.2, 0) is 0 Å². The minimum atomic E-state index is -0.516. The number of amides is 1. The maximum absolute atomic E-state index is 12.2. The lowest BCUT2D eigenvalue weighted by molar-refractivity contribution is -0.384. The molecular weight excluding hydrogens is 372 g/mol. The fourth-order valence-corrected chi connectivity index (χ4v) is 3.08. The molecule has 9 heteroatoms. The third-order valence-corrected chi connectivity index (χ3v) is 4.52. The molecule has 0 unspecified atom stereocenters. The molecule has 3 rings (SSSR count). The number of aryl methyl sites for hydroxylation is 1.